The molecule has 0 spiro atoms. The fourth-order valence-corrected chi connectivity index (χ4v) is 2.57. The van der Waals surface area contributed by atoms with Gasteiger partial charge in [0.2, 0.25) is 0 Å². The minimum atomic E-state index is -0.0347. The lowest BCUT2D eigenvalue weighted by molar-refractivity contribution is -0.110. The van der Waals surface area contributed by atoms with Crippen molar-refractivity contribution >= 4 is 29.4 Å². The Kier molecular flexibility index (Phi) is 6.03. The largest absolute Gasteiger partial charge is 0.497 e. The van der Waals surface area contributed by atoms with Crippen LogP contribution in [0.4, 0.5) is 5.69 Å². The van der Waals surface area contributed by atoms with Gasteiger partial charge in [0.1, 0.15) is 5.75 Å². The Hall–Kier alpha value is -2.27. The molecule has 114 valence electrons. The third-order valence-corrected chi connectivity index (χ3v) is 3.88. The van der Waals surface area contributed by atoms with Crippen LogP contribution in [0, 0.1) is 6.92 Å². The SMILES string of the molecule is COc1ccc(NN=CC(=O)CSc2cccc(C)c2)cc1. The number of hydrazone groups is 1. The van der Waals surface area contributed by atoms with Crippen LogP contribution in [0.1, 0.15) is 5.56 Å². The first-order chi connectivity index (χ1) is 10.7. The fraction of sp³-hybridized carbons (Fsp3) is 0.176. The minimum absolute atomic E-state index is 0.0347. The molecule has 0 radical (unpaired) electrons. The molecule has 2 aromatic carbocycles. The lowest BCUT2D eigenvalue weighted by Crippen LogP contribution is -2.04. The Morgan fingerprint density at radius 2 is 2.05 bits per heavy atom. The monoisotopic (exact) mass is 314 g/mol. The topological polar surface area (TPSA) is 50.7 Å². The fourth-order valence-electron chi connectivity index (χ4n) is 1.74. The molecule has 2 rings (SSSR count). The van der Waals surface area contributed by atoms with Gasteiger partial charge in [-0.1, -0.05) is 17.7 Å². The number of nitrogens with one attached hydrogen (secondary N) is 1. The van der Waals surface area contributed by atoms with Crippen LogP contribution in [-0.2, 0) is 4.79 Å². The van der Waals surface area contributed by atoms with Gasteiger partial charge in [-0.15, -0.1) is 11.8 Å². The van der Waals surface area contributed by atoms with Gasteiger partial charge in [0.05, 0.1) is 24.8 Å². The number of carbonyl (C=O) groups is 1. The van der Waals surface area contributed by atoms with Gasteiger partial charge >= 0.3 is 0 Å². The zero-order valence-electron chi connectivity index (χ0n) is 12.6. The normalized spacial score (nSPS) is 10.6. The van der Waals surface area contributed by atoms with Crippen molar-refractivity contribution in [2.24, 2.45) is 5.10 Å². The van der Waals surface area contributed by atoms with Crippen LogP contribution in [0.2, 0.25) is 0 Å². The molecule has 0 aromatic heterocycles. The Balaban J connectivity index is 1.78. The second-order valence-corrected chi connectivity index (χ2v) is 5.72. The van der Waals surface area contributed by atoms with Crippen LogP contribution in [0.15, 0.2) is 58.5 Å². The van der Waals surface area contributed by atoms with E-state index in [1.165, 1.54) is 23.5 Å². The molecule has 22 heavy (non-hydrogen) atoms. The molecular weight excluding hydrogens is 296 g/mol. The van der Waals surface area contributed by atoms with Crippen molar-refractivity contribution in [3.05, 3.63) is 54.1 Å². The summed E-state index contributed by atoms with van der Waals surface area (Å²) in [5.41, 5.74) is 4.81. The molecular formula is C17H18N2O2S. The highest BCUT2D eigenvalue weighted by atomic mass is 32.2. The van der Waals surface area contributed by atoms with Gasteiger partial charge < -0.3 is 4.74 Å². The molecule has 0 aliphatic carbocycles. The van der Waals surface area contributed by atoms with Crippen LogP contribution in [-0.4, -0.2) is 24.9 Å². The van der Waals surface area contributed by atoms with Gasteiger partial charge in [0.15, 0.2) is 5.78 Å². The van der Waals surface area contributed by atoms with E-state index in [0.717, 1.165) is 16.3 Å². The number of nitrogens with zero attached hydrogens (tertiary/aromatic N) is 1. The van der Waals surface area contributed by atoms with Crippen molar-refractivity contribution in [3.63, 3.8) is 0 Å². The molecule has 0 heterocycles. The minimum Gasteiger partial charge on any atom is -0.497 e. The summed E-state index contributed by atoms with van der Waals surface area (Å²) in [6.07, 6.45) is 1.31. The predicted molar refractivity (Wildman–Crippen MR) is 92.0 cm³/mol. The highest BCUT2D eigenvalue weighted by Gasteiger charge is 2.00. The number of thioether (sulfide) groups is 1. The first-order valence-corrected chi connectivity index (χ1v) is 7.81. The van der Waals surface area contributed by atoms with E-state index in [0.29, 0.717) is 5.75 Å². The summed E-state index contributed by atoms with van der Waals surface area (Å²) in [5.74, 6) is 1.12. The van der Waals surface area contributed by atoms with E-state index in [4.69, 9.17) is 4.74 Å². The van der Waals surface area contributed by atoms with Crippen molar-refractivity contribution < 1.29 is 9.53 Å². The number of hydrogen-bond acceptors (Lipinski definition) is 5. The Bertz CT molecular complexity index is 654. The van der Waals surface area contributed by atoms with Gasteiger partial charge in [0.25, 0.3) is 0 Å². The summed E-state index contributed by atoms with van der Waals surface area (Å²) in [4.78, 5) is 12.8. The summed E-state index contributed by atoms with van der Waals surface area (Å²) >= 11 is 1.51. The molecule has 0 saturated carbocycles. The van der Waals surface area contributed by atoms with Crippen molar-refractivity contribution in [2.75, 3.05) is 18.3 Å². The number of ketones is 1. The van der Waals surface area contributed by atoms with Crippen LogP contribution in [0.5, 0.6) is 5.75 Å². The zero-order chi connectivity index (χ0) is 15.8. The van der Waals surface area contributed by atoms with E-state index in [2.05, 4.69) is 16.6 Å². The molecule has 0 aliphatic heterocycles. The third kappa shape index (κ3) is 5.26. The average Bonchev–Trinajstić information content (AvgIpc) is 2.54. The molecule has 0 bridgehead atoms. The number of rotatable bonds is 7. The molecule has 0 fully saturated rings. The molecule has 5 heteroatoms. The summed E-state index contributed by atoms with van der Waals surface area (Å²) in [7, 11) is 1.62. The molecule has 0 unspecified atom stereocenters. The Morgan fingerprint density at radius 3 is 2.73 bits per heavy atom. The van der Waals surface area contributed by atoms with Crippen LogP contribution in [0.25, 0.3) is 0 Å². The van der Waals surface area contributed by atoms with Crippen LogP contribution in [0.3, 0.4) is 0 Å². The maximum atomic E-state index is 11.8. The molecule has 0 amide bonds. The highest BCUT2D eigenvalue weighted by Crippen LogP contribution is 2.18. The number of methoxy groups -OCH3 is 1. The van der Waals surface area contributed by atoms with Crippen molar-refractivity contribution in [3.8, 4) is 5.75 Å². The zero-order valence-corrected chi connectivity index (χ0v) is 13.4. The number of aryl methyl sites for hydroxylation is 1. The lowest BCUT2D eigenvalue weighted by atomic mass is 10.2. The lowest BCUT2D eigenvalue weighted by Gasteiger charge is -2.02. The number of ether oxygens (including phenoxy) is 1. The van der Waals surface area contributed by atoms with Gasteiger partial charge in [-0.3, -0.25) is 10.2 Å². The molecule has 0 aliphatic rings. The number of carbonyl (C=O) groups excluding carboxylic acids is 1. The Labute approximate surface area is 134 Å². The van der Waals surface area contributed by atoms with Crippen molar-refractivity contribution in [1.82, 2.24) is 0 Å². The van der Waals surface area contributed by atoms with Crippen molar-refractivity contribution in [2.45, 2.75) is 11.8 Å². The molecule has 4 nitrogen and oxygen atoms in total. The van der Waals surface area contributed by atoms with E-state index in [1.807, 2.05) is 49.4 Å². The van der Waals surface area contributed by atoms with Gasteiger partial charge in [-0.2, -0.15) is 5.10 Å². The summed E-state index contributed by atoms with van der Waals surface area (Å²) in [5, 5.41) is 3.95. The van der Waals surface area contributed by atoms with Crippen molar-refractivity contribution in [1.29, 1.82) is 0 Å². The van der Waals surface area contributed by atoms with Gasteiger partial charge in [-0.25, -0.2) is 0 Å². The maximum Gasteiger partial charge on any atom is 0.185 e. The summed E-state index contributed by atoms with van der Waals surface area (Å²) in [6, 6.07) is 15.4. The number of anilines is 1. The number of hydrogen-bond donors (Lipinski definition) is 1. The first kappa shape index (κ1) is 16.1. The standard InChI is InChI=1S/C17H18N2O2S/c1-13-4-3-5-17(10-13)22-12-15(20)11-18-19-14-6-8-16(21-2)9-7-14/h3-11,19H,12H2,1-2H3. The smallest absolute Gasteiger partial charge is 0.185 e. The second-order valence-electron chi connectivity index (χ2n) is 4.67. The third-order valence-electron chi connectivity index (χ3n) is 2.86. The second kappa shape index (κ2) is 8.24. The van der Waals surface area contributed by atoms with Gasteiger partial charge in [-0.05, 0) is 43.3 Å². The number of Topliss-reactive ketones (excluding diaryl/α,β-unsaturated/α-hetero) is 1. The average molecular weight is 314 g/mol. The van der Waals surface area contributed by atoms with E-state index < -0.39 is 0 Å². The summed E-state index contributed by atoms with van der Waals surface area (Å²) in [6.45, 7) is 2.03. The van der Waals surface area contributed by atoms with E-state index in [-0.39, 0.29) is 5.78 Å². The van der Waals surface area contributed by atoms with E-state index >= 15 is 0 Å². The van der Waals surface area contributed by atoms with E-state index in [9.17, 15) is 4.79 Å². The van der Waals surface area contributed by atoms with E-state index in [1.54, 1.807) is 7.11 Å². The molecule has 0 atom stereocenters. The van der Waals surface area contributed by atoms with Crippen LogP contribution >= 0.6 is 11.8 Å². The molecule has 1 N–H and O–H groups in total. The predicted octanol–water partition coefficient (Wildman–Crippen LogP) is 3.76. The van der Waals surface area contributed by atoms with Gasteiger partial charge in [0, 0.05) is 4.90 Å². The quantitative estimate of drug-likeness (QED) is 0.480. The molecule has 2 aromatic rings. The number of benzene rings is 2. The maximum absolute atomic E-state index is 11.8. The summed E-state index contributed by atoms with van der Waals surface area (Å²) < 4.78 is 5.07. The Morgan fingerprint density at radius 1 is 1.27 bits per heavy atom. The highest BCUT2D eigenvalue weighted by molar-refractivity contribution is 8.00. The molecule has 0 saturated heterocycles. The first-order valence-electron chi connectivity index (χ1n) is 6.83. The van der Waals surface area contributed by atoms with Crippen LogP contribution < -0.4 is 10.2 Å².